The number of hydrogen-bond acceptors (Lipinski definition) is 4. The molecule has 6 nitrogen and oxygen atoms in total. The predicted molar refractivity (Wildman–Crippen MR) is 93.2 cm³/mol. The second-order valence-corrected chi connectivity index (χ2v) is 5.33. The molecule has 0 bridgehead atoms. The van der Waals surface area contributed by atoms with Gasteiger partial charge in [0, 0.05) is 12.7 Å². The molecule has 0 spiro atoms. The van der Waals surface area contributed by atoms with Crippen LogP contribution in [0, 0.1) is 0 Å². The molecule has 0 aliphatic heterocycles. The Morgan fingerprint density at radius 2 is 1.50 bits per heavy atom. The van der Waals surface area contributed by atoms with Gasteiger partial charge in [-0.25, -0.2) is 0 Å². The fraction of sp³-hybridized carbons (Fsp3) is 0.222. The van der Waals surface area contributed by atoms with E-state index in [0.29, 0.717) is 11.4 Å². The van der Waals surface area contributed by atoms with Gasteiger partial charge in [-0.05, 0) is 43.4 Å². The molecule has 2 aromatic rings. The van der Waals surface area contributed by atoms with Crippen LogP contribution in [0.4, 0.5) is 5.69 Å². The van der Waals surface area contributed by atoms with Crippen molar-refractivity contribution in [1.82, 2.24) is 10.2 Å². The number of ether oxygens (including phenoxy) is 1. The summed E-state index contributed by atoms with van der Waals surface area (Å²) in [5.74, 6) is 1.13. The molecule has 0 aliphatic carbocycles. The number of rotatable bonds is 7. The number of carbonyl (C=O) groups is 2. The van der Waals surface area contributed by atoms with Gasteiger partial charge in [-0.1, -0.05) is 18.2 Å². The summed E-state index contributed by atoms with van der Waals surface area (Å²) in [4.78, 5) is 24.8. The van der Waals surface area contributed by atoms with E-state index in [4.69, 9.17) is 4.74 Å². The highest BCUT2D eigenvalue weighted by Crippen LogP contribution is 2.22. The number of likely N-dealkylation sites (N-methyl/N-ethyl adjacent to an activating group) is 2. The lowest BCUT2D eigenvalue weighted by Crippen LogP contribution is -2.37. The van der Waals surface area contributed by atoms with Gasteiger partial charge in [0.15, 0.2) is 0 Å². The Kier molecular flexibility index (Phi) is 6.33. The van der Waals surface area contributed by atoms with Crippen molar-refractivity contribution in [2.75, 3.05) is 32.5 Å². The predicted octanol–water partition coefficient (Wildman–Crippen LogP) is 2.10. The summed E-state index contributed by atoms with van der Waals surface area (Å²) in [6.45, 7) is 0.309. The molecule has 24 heavy (non-hydrogen) atoms. The molecule has 0 saturated heterocycles. The fourth-order valence-corrected chi connectivity index (χ4v) is 2.06. The second-order valence-electron chi connectivity index (χ2n) is 5.33. The SMILES string of the molecule is CNC(=O)CN(C)CC(=O)Nc1ccc(Oc2ccccc2)cc1. The van der Waals surface area contributed by atoms with Gasteiger partial charge >= 0.3 is 0 Å². The van der Waals surface area contributed by atoms with E-state index < -0.39 is 0 Å². The van der Waals surface area contributed by atoms with Crippen LogP contribution >= 0.6 is 0 Å². The van der Waals surface area contributed by atoms with E-state index in [1.54, 1.807) is 43.3 Å². The van der Waals surface area contributed by atoms with Gasteiger partial charge in [0.25, 0.3) is 0 Å². The largest absolute Gasteiger partial charge is 0.457 e. The first kappa shape index (κ1) is 17.5. The number of nitrogens with zero attached hydrogens (tertiary/aromatic N) is 1. The fourth-order valence-electron chi connectivity index (χ4n) is 2.06. The van der Waals surface area contributed by atoms with E-state index in [2.05, 4.69) is 10.6 Å². The smallest absolute Gasteiger partial charge is 0.238 e. The van der Waals surface area contributed by atoms with E-state index in [-0.39, 0.29) is 24.9 Å². The molecule has 2 rings (SSSR count). The third-order valence-electron chi connectivity index (χ3n) is 3.22. The molecular weight excluding hydrogens is 306 g/mol. The van der Waals surface area contributed by atoms with Crippen LogP contribution in [0.5, 0.6) is 11.5 Å². The lowest BCUT2D eigenvalue weighted by molar-refractivity contribution is -0.122. The summed E-state index contributed by atoms with van der Waals surface area (Å²) in [6.07, 6.45) is 0. The van der Waals surface area contributed by atoms with Gasteiger partial charge in [0.05, 0.1) is 13.1 Å². The van der Waals surface area contributed by atoms with Crippen molar-refractivity contribution in [2.45, 2.75) is 0 Å². The first-order valence-electron chi connectivity index (χ1n) is 7.59. The van der Waals surface area contributed by atoms with Crippen LogP contribution in [0.2, 0.25) is 0 Å². The molecule has 2 N–H and O–H groups in total. The first-order valence-corrected chi connectivity index (χ1v) is 7.59. The average molecular weight is 327 g/mol. The van der Waals surface area contributed by atoms with Gasteiger partial charge in [0.2, 0.25) is 11.8 Å². The number of hydrogen-bond donors (Lipinski definition) is 2. The second kappa shape index (κ2) is 8.69. The van der Waals surface area contributed by atoms with Gasteiger partial charge in [-0.2, -0.15) is 0 Å². The Morgan fingerprint density at radius 3 is 2.12 bits per heavy atom. The Morgan fingerprint density at radius 1 is 0.917 bits per heavy atom. The Hall–Kier alpha value is -2.86. The Balaban J connectivity index is 1.85. The summed E-state index contributed by atoms with van der Waals surface area (Å²) in [7, 11) is 3.28. The van der Waals surface area contributed by atoms with Crippen LogP contribution in [-0.4, -0.2) is 43.9 Å². The molecule has 2 amide bonds. The van der Waals surface area contributed by atoms with Crippen molar-refractivity contribution in [3.8, 4) is 11.5 Å². The molecule has 0 unspecified atom stereocenters. The van der Waals surface area contributed by atoms with E-state index in [9.17, 15) is 9.59 Å². The van der Waals surface area contributed by atoms with Crippen LogP contribution < -0.4 is 15.4 Å². The third-order valence-corrected chi connectivity index (χ3v) is 3.22. The Bertz CT molecular complexity index is 672. The normalized spacial score (nSPS) is 10.3. The first-order chi connectivity index (χ1) is 11.6. The Labute approximate surface area is 141 Å². The van der Waals surface area contributed by atoms with Crippen LogP contribution in [0.25, 0.3) is 0 Å². The number of anilines is 1. The van der Waals surface area contributed by atoms with E-state index in [1.807, 2.05) is 30.3 Å². The van der Waals surface area contributed by atoms with Gasteiger partial charge in [-0.3, -0.25) is 14.5 Å². The summed E-state index contributed by atoms with van der Waals surface area (Å²) in [5, 5.41) is 5.31. The minimum absolute atomic E-state index is 0.132. The third kappa shape index (κ3) is 5.73. The van der Waals surface area contributed by atoms with Crippen molar-refractivity contribution in [1.29, 1.82) is 0 Å². The van der Waals surface area contributed by atoms with Gasteiger partial charge < -0.3 is 15.4 Å². The minimum atomic E-state index is -0.182. The maximum absolute atomic E-state index is 12.0. The standard InChI is InChI=1S/C18H21N3O3/c1-19-17(22)12-21(2)13-18(23)20-14-8-10-16(11-9-14)24-15-6-4-3-5-7-15/h3-11H,12-13H2,1-2H3,(H,19,22)(H,20,23). The molecule has 0 radical (unpaired) electrons. The van der Waals surface area contributed by atoms with Crippen molar-refractivity contribution in [3.63, 3.8) is 0 Å². The van der Waals surface area contributed by atoms with Crippen molar-refractivity contribution in [3.05, 3.63) is 54.6 Å². The number of para-hydroxylation sites is 1. The molecule has 0 fully saturated rings. The zero-order chi connectivity index (χ0) is 17.4. The molecule has 126 valence electrons. The maximum atomic E-state index is 12.0. The lowest BCUT2D eigenvalue weighted by atomic mass is 10.3. The average Bonchev–Trinajstić information content (AvgIpc) is 2.57. The van der Waals surface area contributed by atoms with E-state index in [1.165, 1.54) is 0 Å². The topological polar surface area (TPSA) is 70.7 Å². The molecule has 0 atom stereocenters. The number of amides is 2. The van der Waals surface area contributed by atoms with Crippen molar-refractivity contribution >= 4 is 17.5 Å². The van der Waals surface area contributed by atoms with Crippen molar-refractivity contribution in [2.24, 2.45) is 0 Å². The van der Waals surface area contributed by atoms with Gasteiger partial charge in [-0.15, -0.1) is 0 Å². The van der Waals surface area contributed by atoms with Crippen LogP contribution in [0.15, 0.2) is 54.6 Å². The summed E-state index contributed by atoms with van der Waals surface area (Å²) in [6, 6.07) is 16.6. The molecule has 0 saturated carbocycles. The molecule has 0 heterocycles. The van der Waals surface area contributed by atoms with E-state index in [0.717, 1.165) is 5.75 Å². The summed E-state index contributed by atoms with van der Waals surface area (Å²) in [5.41, 5.74) is 0.675. The monoisotopic (exact) mass is 327 g/mol. The zero-order valence-electron chi connectivity index (χ0n) is 13.8. The maximum Gasteiger partial charge on any atom is 0.238 e. The zero-order valence-corrected chi connectivity index (χ0v) is 13.8. The quantitative estimate of drug-likeness (QED) is 0.817. The minimum Gasteiger partial charge on any atom is -0.457 e. The highest BCUT2D eigenvalue weighted by Gasteiger charge is 2.10. The number of nitrogens with one attached hydrogen (secondary N) is 2. The highest BCUT2D eigenvalue weighted by atomic mass is 16.5. The number of carbonyl (C=O) groups excluding carboxylic acids is 2. The van der Waals surface area contributed by atoms with Crippen molar-refractivity contribution < 1.29 is 14.3 Å². The summed E-state index contributed by atoms with van der Waals surface area (Å²) >= 11 is 0. The highest BCUT2D eigenvalue weighted by molar-refractivity contribution is 5.92. The lowest BCUT2D eigenvalue weighted by Gasteiger charge is -2.15. The molecule has 0 aliphatic rings. The molecule has 2 aromatic carbocycles. The summed E-state index contributed by atoms with van der Waals surface area (Å²) < 4.78 is 5.69. The van der Waals surface area contributed by atoms with E-state index >= 15 is 0 Å². The molecule has 0 aromatic heterocycles. The van der Waals surface area contributed by atoms with Crippen LogP contribution in [0.1, 0.15) is 0 Å². The van der Waals surface area contributed by atoms with Gasteiger partial charge in [0.1, 0.15) is 11.5 Å². The number of benzene rings is 2. The molecular formula is C18H21N3O3. The molecule has 6 heteroatoms. The van der Waals surface area contributed by atoms with Crippen LogP contribution in [0.3, 0.4) is 0 Å². The van der Waals surface area contributed by atoms with Crippen LogP contribution in [-0.2, 0) is 9.59 Å².